The molecule has 98 valence electrons. The number of aromatic nitrogens is 3. The lowest BCUT2D eigenvalue weighted by Gasteiger charge is -2.14. The number of nitrogens with two attached hydrogens (primary N) is 1. The van der Waals surface area contributed by atoms with Crippen molar-refractivity contribution in [1.82, 2.24) is 15.1 Å². The monoisotopic (exact) mass is 266 g/mol. The van der Waals surface area contributed by atoms with Crippen LogP contribution in [0.2, 0.25) is 0 Å². The van der Waals surface area contributed by atoms with E-state index in [1.165, 1.54) is 11.3 Å². The van der Waals surface area contributed by atoms with Gasteiger partial charge in [0.25, 0.3) is 0 Å². The van der Waals surface area contributed by atoms with Gasteiger partial charge < -0.3 is 10.3 Å². The molecule has 0 bridgehead atoms. The summed E-state index contributed by atoms with van der Waals surface area (Å²) in [7, 11) is 0. The Labute approximate surface area is 110 Å². The van der Waals surface area contributed by atoms with E-state index in [2.05, 4.69) is 29.0 Å². The van der Waals surface area contributed by atoms with Crippen LogP contribution in [-0.2, 0) is 6.42 Å². The van der Waals surface area contributed by atoms with Crippen LogP contribution in [0, 0.1) is 11.8 Å². The Balaban J connectivity index is 2.01. The SMILES string of the molecule is CC(C)C[C@H](CN)Cc1nc(-c2cncs2)no1. The molecule has 2 N–H and O–H groups in total. The van der Waals surface area contributed by atoms with Gasteiger partial charge in [0.2, 0.25) is 11.7 Å². The average molecular weight is 266 g/mol. The van der Waals surface area contributed by atoms with Gasteiger partial charge in [-0.2, -0.15) is 4.98 Å². The Morgan fingerprint density at radius 3 is 2.89 bits per heavy atom. The van der Waals surface area contributed by atoms with Gasteiger partial charge in [-0.15, -0.1) is 11.3 Å². The average Bonchev–Trinajstić information content (AvgIpc) is 2.97. The van der Waals surface area contributed by atoms with Crippen molar-refractivity contribution in [2.75, 3.05) is 6.54 Å². The zero-order valence-electron chi connectivity index (χ0n) is 10.7. The number of rotatable bonds is 6. The lowest BCUT2D eigenvalue weighted by atomic mass is 9.94. The minimum Gasteiger partial charge on any atom is -0.339 e. The molecule has 2 heterocycles. The van der Waals surface area contributed by atoms with Crippen molar-refractivity contribution in [3.05, 3.63) is 17.6 Å². The van der Waals surface area contributed by atoms with Crippen molar-refractivity contribution in [2.45, 2.75) is 26.7 Å². The molecular formula is C12H18N4OS. The second-order valence-electron chi connectivity index (χ2n) is 4.81. The molecule has 0 unspecified atom stereocenters. The van der Waals surface area contributed by atoms with Crippen LogP contribution in [0.1, 0.15) is 26.2 Å². The first-order valence-corrected chi connectivity index (χ1v) is 6.98. The second-order valence-corrected chi connectivity index (χ2v) is 5.70. The van der Waals surface area contributed by atoms with Gasteiger partial charge in [0.1, 0.15) is 0 Å². The van der Waals surface area contributed by atoms with Gasteiger partial charge in [-0.05, 0) is 24.8 Å². The van der Waals surface area contributed by atoms with Gasteiger partial charge in [0, 0.05) is 12.6 Å². The molecule has 0 saturated carbocycles. The molecular weight excluding hydrogens is 248 g/mol. The van der Waals surface area contributed by atoms with Gasteiger partial charge in [0.15, 0.2) is 0 Å². The number of nitrogens with zero attached hydrogens (tertiary/aromatic N) is 3. The Kier molecular flexibility index (Phi) is 4.43. The quantitative estimate of drug-likeness (QED) is 0.868. The number of hydrogen-bond donors (Lipinski definition) is 1. The van der Waals surface area contributed by atoms with Gasteiger partial charge in [0.05, 0.1) is 10.4 Å². The highest BCUT2D eigenvalue weighted by Gasteiger charge is 2.16. The zero-order valence-corrected chi connectivity index (χ0v) is 11.5. The highest BCUT2D eigenvalue weighted by Crippen LogP contribution is 2.21. The largest absolute Gasteiger partial charge is 0.339 e. The van der Waals surface area contributed by atoms with Crippen molar-refractivity contribution >= 4 is 11.3 Å². The predicted octanol–water partition coefficient (Wildman–Crippen LogP) is 2.36. The van der Waals surface area contributed by atoms with Crippen LogP contribution in [0.5, 0.6) is 0 Å². The molecule has 6 heteroatoms. The fourth-order valence-corrected chi connectivity index (χ4v) is 2.49. The van der Waals surface area contributed by atoms with Crippen LogP contribution in [-0.4, -0.2) is 21.7 Å². The fraction of sp³-hybridized carbons (Fsp3) is 0.583. The Bertz CT molecular complexity index is 466. The first kappa shape index (κ1) is 13.2. The van der Waals surface area contributed by atoms with Crippen molar-refractivity contribution in [1.29, 1.82) is 0 Å². The summed E-state index contributed by atoms with van der Waals surface area (Å²) in [5.41, 5.74) is 7.53. The highest BCUT2D eigenvalue weighted by atomic mass is 32.1. The summed E-state index contributed by atoms with van der Waals surface area (Å²) in [6, 6.07) is 0. The smallest absolute Gasteiger partial charge is 0.227 e. The van der Waals surface area contributed by atoms with E-state index < -0.39 is 0 Å². The molecule has 2 rings (SSSR count). The minimum absolute atomic E-state index is 0.403. The summed E-state index contributed by atoms with van der Waals surface area (Å²) in [6.07, 6.45) is 3.57. The maximum Gasteiger partial charge on any atom is 0.227 e. The third-order valence-electron chi connectivity index (χ3n) is 2.72. The lowest BCUT2D eigenvalue weighted by Crippen LogP contribution is -2.19. The third-order valence-corrected chi connectivity index (χ3v) is 3.49. The van der Waals surface area contributed by atoms with Crippen molar-refractivity contribution in [2.24, 2.45) is 17.6 Å². The van der Waals surface area contributed by atoms with E-state index in [9.17, 15) is 0 Å². The van der Waals surface area contributed by atoms with Crippen LogP contribution < -0.4 is 5.73 Å². The minimum atomic E-state index is 0.403. The van der Waals surface area contributed by atoms with E-state index in [0.717, 1.165) is 17.7 Å². The first-order chi connectivity index (χ1) is 8.69. The molecule has 0 radical (unpaired) electrons. The van der Waals surface area contributed by atoms with Crippen LogP contribution in [0.25, 0.3) is 10.7 Å². The molecule has 0 fully saturated rings. The van der Waals surface area contributed by atoms with Crippen LogP contribution in [0.3, 0.4) is 0 Å². The van der Waals surface area contributed by atoms with Crippen LogP contribution in [0.15, 0.2) is 16.2 Å². The molecule has 5 nitrogen and oxygen atoms in total. The van der Waals surface area contributed by atoms with Crippen LogP contribution in [0.4, 0.5) is 0 Å². The van der Waals surface area contributed by atoms with Gasteiger partial charge in [-0.25, -0.2) is 0 Å². The highest BCUT2D eigenvalue weighted by molar-refractivity contribution is 7.13. The summed E-state index contributed by atoms with van der Waals surface area (Å²) in [6.45, 7) is 5.04. The van der Waals surface area contributed by atoms with Crippen molar-refractivity contribution in [3.8, 4) is 10.7 Å². The van der Waals surface area contributed by atoms with Gasteiger partial charge in [-0.1, -0.05) is 19.0 Å². The van der Waals surface area contributed by atoms with E-state index >= 15 is 0 Å². The lowest BCUT2D eigenvalue weighted by molar-refractivity contribution is 0.332. The first-order valence-electron chi connectivity index (χ1n) is 6.10. The molecule has 0 aliphatic carbocycles. The summed E-state index contributed by atoms with van der Waals surface area (Å²) in [5, 5.41) is 3.97. The Morgan fingerprint density at radius 2 is 2.28 bits per heavy atom. The summed E-state index contributed by atoms with van der Waals surface area (Å²) in [5.74, 6) is 2.31. The number of hydrogen-bond acceptors (Lipinski definition) is 6. The third kappa shape index (κ3) is 3.36. The molecule has 0 aliphatic heterocycles. The topological polar surface area (TPSA) is 77.8 Å². The van der Waals surface area contributed by atoms with E-state index in [-0.39, 0.29) is 0 Å². The Hall–Kier alpha value is -1.27. The second kappa shape index (κ2) is 6.06. The van der Waals surface area contributed by atoms with E-state index in [1.807, 2.05) is 0 Å². The summed E-state index contributed by atoms with van der Waals surface area (Å²) < 4.78 is 5.26. The van der Waals surface area contributed by atoms with Crippen LogP contribution >= 0.6 is 11.3 Å². The molecule has 2 aromatic rings. The molecule has 0 aromatic carbocycles. The van der Waals surface area contributed by atoms with Crippen molar-refractivity contribution < 1.29 is 4.52 Å². The zero-order chi connectivity index (χ0) is 13.0. The van der Waals surface area contributed by atoms with Crippen molar-refractivity contribution in [3.63, 3.8) is 0 Å². The summed E-state index contributed by atoms with van der Waals surface area (Å²) in [4.78, 5) is 9.31. The molecule has 1 atom stereocenters. The molecule has 0 amide bonds. The predicted molar refractivity (Wildman–Crippen MR) is 71.1 cm³/mol. The maximum absolute atomic E-state index is 5.77. The standard InChI is InChI=1S/C12H18N4OS/c1-8(2)3-9(5-13)4-11-15-12(16-17-11)10-6-14-7-18-10/h6-9H,3-5,13H2,1-2H3/t9-/m0/s1. The molecule has 18 heavy (non-hydrogen) atoms. The van der Waals surface area contributed by atoms with E-state index in [4.69, 9.17) is 10.3 Å². The normalized spacial score (nSPS) is 13.1. The molecule has 0 saturated heterocycles. The molecule has 2 aromatic heterocycles. The van der Waals surface area contributed by atoms with E-state index in [0.29, 0.717) is 30.1 Å². The molecule has 0 aliphatic rings. The van der Waals surface area contributed by atoms with Gasteiger partial charge in [-0.3, -0.25) is 4.98 Å². The van der Waals surface area contributed by atoms with E-state index in [1.54, 1.807) is 11.7 Å². The number of thiazole rings is 1. The maximum atomic E-state index is 5.77. The Morgan fingerprint density at radius 1 is 1.44 bits per heavy atom. The summed E-state index contributed by atoms with van der Waals surface area (Å²) >= 11 is 1.50. The van der Waals surface area contributed by atoms with Gasteiger partial charge >= 0.3 is 0 Å². The fourth-order valence-electron chi connectivity index (χ4n) is 1.94. The molecule has 0 spiro atoms.